The van der Waals surface area contributed by atoms with Gasteiger partial charge in [0.2, 0.25) is 0 Å². The van der Waals surface area contributed by atoms with E-state index >= 15 is 0 Å². The molecular formula is C10H13N3O. The number of para-hydroxylation sites is 1. The zero-order valence-corrected chi connectivity index (χ0v) is 8.05. The van der Waals surface area contributed by atoms with Crippen LogP contribution < -0.4 is 10.6 Å². The fourth-order valence-corrected chi connectivity index (χ4v) is 0.755. The molecule has 74 valence electrons. The highest BCUT2D eigenvalue weighted by Gasteiger charge is 1.86. The van der Waals surface area contributed by atoms with E-state index in [1.807, 2.05) is 37.3 Å². The zero-order valence-electron chi connectivity index (χ0n) is 8.05. The summed E-state index contributed by atoms with van der Waals surface area (Å²) >= 11 is 0. The van der Waals surface area contributed by atoms with E-state index in [-0.39, 0.29) is 0 Å². The topological polar surface area (TPSA) is 60.0 Å². The van der Waals surface area contributed by atoms with Crippen molar-refractivity contribution in [2.24, 2.45) is 15.9 Å². The van der Waals surface area contributed by atoms with Gasteiger partial charge in [-0.25, -0.2) is 4.99 Å². The predicted octanol–water partition coefficient (Wildman–Crippen LogP) is 1.78. The lowest BCUT2D eigenvalue weighted by Gasteiger charge is -1.94. The molecule has 0 saturated carbocycles. The summed E-state index contributed by atoms with van der Waals surface area (Å²) in [4.78, 5) is 8.84. The van der Waals surface area contributed by atoms with Gasteiger partial charge in [-0.15, -0.1) is 0 Å². The van der Waals surface area contributed by atoms with Crippen molar-refractivity contribution in [1.82, 2.24) is 0 Å². The maximum Gasteiger partial charge on any atom is 0.158 e. The van der Waals surface area contributed by atoms with Crippen LogP contribution in [0.4, 0.5) is 0 Å². The van der Waals surface area contributed by atoms with Crippen molar-refractivity contribution in [3.63, 3.8) is 0 Å². The lowest BCUT2D eigenvalue weighted by atomic mass is 10.3. The molecule has 0 heterocycles. The van der Waals surface area contributed by atoms with Gasteiger partial charge < -0.3 is 10.6 Å². The lowest BCUT2D eigenvalue weighted by molar-refractivity contribution is 0.343. The van der Waals surface area contributed by atoms with Gasteiger partial charge in [-0.3, -0.25) is 0 Å². The van der Waals surface area contributed by atoms with Crippen molar-refractivity contribution in [3.8, 4) is 5.75 Å². The average Bonchev–Trinajstić information content (AvgIpc) is 2.25. The SMILES string of the molecule is CCC(N)=N/C=N\Oc1ccccc1. The molecular weight excluding hydrogens is 178 g/mol. The lowest BCUT2D eigenvalue weighted by Crippen LogP contribution is -2.09. The van der Waals surface area contributed by atoms with Gasteiger partial charge in [0.05, 0.1) is 0 Å². The second-order valence-electron chi connectivity index (χ2n) is 2.60. The van der Waals surface area contributed by atoms with Crippen LogP contribution >= 0.6 is 0 Å². The van der Waals surface area contributed by atoms with E-state index in [2.05, 4.69) is 10.1 Å². The Labute approximate surface area is 83.1 Å². The number of rotatable bonds is 4. The molecule has 4 heteroatoms. The summed E-state index contributed by atoms with van der Waals surface area (Å²) in [7, 11) is 0. The van der Waals surface area contributed by atoms with Crippen LogP contribution in [-0.4, -0.2) is 12.2 Å². The molecule has 4 nitrogen and oxygen atoms in total. The van der Waals surface area contributed by atoms with Crippen LogP contribution in [0.15, 0.2) is 40.5 Å². The highest BCUT2D eigenvalue weighted by Crippen LogP contribution is 2.07. The second-order valence-corrected chi connectivity index (χ2v) is 2.60. The maximum absolute atomic E-state index is 5.46. The fourth-order valence-electron chi connectivity index (χ4n) is 0.755. The largest absolute Gasteiger partial charge is 0.387 e. The first-order valence-electron chi connectivity index (χ1n) is 4.39. The zero-order chi connectivity index (χ0) is 10.2. The van der Waals surface area contributed by atoms with E-state index in [0.29, 0.717) is 18.0 Å². The van der Waals surface area contributed by atoms with E-state index in [9.17, 15) is 0 Å². The Morgan fingerprint density at radius 2 is 2.14 bits per heavy atom. The van der Waals surface area contributed by atoms with E-state index in [0.717, 1.165) is 0 Å². The van der Waals surface area contributed by atoms with Gasteiger partial charge in [0, 0.05) is 6.42 Å². The third kappa shape index (κ3) is 3.71. The third-order valence-corrected chi connectivity index (χ3v) is 1.53. The molecule has 1 aromatic rings. The summed E-state index contributed by atoms with van der Waals surface area (Å²) < 4.78 is 0. The van der Waals surface area contributed by atoms with E-state index in [4.69, 9.17) is 10.6 Å². The van der Waals surface area contributed by atoms with Crippen LogP contribution in [0.5, 0.6) is 5.75 Å². The van der Waals surface area contributed by atoms with Crippen LogP contribution in [0.2, 0.25) is 0 Å². The van der Waals surface area contributed by atoms with Crippen LogP contribution in [0.25, 0.3) is 0 Å². The van der Waals surface area contributed by atoms with Crippen molar-refractivity contribution in [3.05, 3.63) is 30.3 Å². The molecule has 0 fully saturated rings. The smallest absolute Gasteiger partial charge is 0.158 e. The minimum absolute atomic E-state index is 0.533. The van der Waals surface area contributed by atoms with E-state index < -0.39 is 0 Å². The predicted molar refractivity (Wildman–Crippen MR) is 57.5 cm³/mol. The Morgan fingerprint density at radius 1 is 1.43 bits per heavy atom. The number of hydrogen-bond donors (Lipinski definition) is 1. The van der Waals surface area contributed by atoms with Crippen molar-refractivity contribution < 1.29 is 4.84 Å². The summed E-state index contributed by atoms with van der Waals surface area (Å²) in [5, 5.41) is 3.64. The van der Waals surface area contributed by atoms with Gasteiger partial charge in [-0.1, -0.05) is 30.3 Å². The quantitative estimate of drug-likeness (QED) is 0.448. The molecule has 0 aliphatic carbocycles. The molecule has 1 rings (SSSR count). The van der Waals surface area contributed by atoms with Crippen LogP contribution in [-0.2, 0) is 0 Å². The second kappa shape index (κ2) is 5.75. The summed E-state index contributed by atoms with van der Waals surface area (Å²) in [5.74, 6) is 1.21. The molecule has 14 heavy (non-hydrogen) atoms. The molecule has 2 N–H and O–H groups in total. The number of oxime groups is 1. The Kier molecular flexibility index (Phi) is 4.20. The highest BCUT2D eigenvalue weighted by atomic mass is 16.6. The number of nitrogens with zero attached hydrogens (tertiary/aromatic N) is 2. The Balaban J connectivity index is 2.41. The van der Waals surface area contributed by atoms with Crippen molar-refractivity contribution in [1.29, 1.82) is 0 Å². The third-order valence-electron chi connectivity index (χ3n) is 1.53. The van der Waals surface area contributed by atoms with Crippen LogP contribution in [0, 0.1) is 0 Å². The molecule has 0 aromatic heterocycles. The monoisotopic (exact) mass is 191 g/mol. The molecule has 0 unspecified atom stereocenters. The number of benzene rings is 1. The van der Waals surface area contributed by atoms with Crippen molar-refractivity contribution >= 4 is 12.2 Å². The molecule has 0 spiro atoms. The Hall–Kier alpha value is -1.84. The van der Waals surface area contributed by atoms with E-state index in [1.165, 1.54) is 6.34 Å². The molecule has 0 saturated heterocycles. The average molecular weight is 191 g/mol. The number of hydrogen-bond acceptors (Lipinski definition) is 2. The maximum atomic E-state index is 5.46. The first-order valence-corrected chi connectivity index (χ1v) is 4.39. The number of aliphatic imine (C=N–C) groups is 1. The van der Waals surface area contributed by atoms with E-state index in [1.54, 1.807) is 0 Å². The van der Waals surface area contributed by atoms with Gasteiger partial charge >= 0.3 is 0 Å². The minimum Gasteiger partial charge on any atom is -0.387 e. The van der Waals surface area contributed by atoms with Gasteiger partial charge in [0.15, 0.2) is 12.1 Å². The standard InChI is InChI=1S/C10H13N3O/c1-2-10(11)12-8-13-14-9-6-4-3-5-7-9/h3-8H,2H2,1H3,(H2,11,12,13). The Morgan fingerprint density at radius 3 is 2.79 bits per heavy atom. The van der Waals surface area contributed by atoms with Crippen LogP contribution in [0.1, 0.15) is 13.3 Å². The molecule has 1 aromatic carbocycles. The van der Waals surface area contributed by atoms with Crippen molar-refractivity contribution in [2.75, 3.05) is 0 Å². The normalized spacial score (nSPS) is 11.9. The first-order chi connectivity index (χ1) is 6.83. The molecule has 0 amide bonds. The molecule has 0 bridgehead atoms. The van der Waals surface area contributed by atoms with Gasteiger partial charge in [0.1, 0.15) is 5.84 Å². The number of amidine groups is 1. The van der Waals surface area contributed by atoms with Crippen molar-refractivity contribution in [2.45, 2.75) is 13.3 Å². The fraction of sp³-hybridized carbons (Fsp3) is 0.200. The molecule has 0 aliphatic heterocycles. The van der Waals surface area contributed by atoms with Gasteiger partial charge in [-0.2, -0.15) is 0 Å². The molecule has 0 radical (unpaired) electrons. The summed E-state index contributed by atoms with van der Waals surface area (Å²) in [6.07, 6.45) is 2.00. The summed E-state index contributed by atoms with van der Waals surface area (Å²) in [6, 6.07) is 9.27. The molecule has 0 atom stereocenters. The summed E-state index contributed by atoms with van der Waals surface area (Å²) in [5.41, 5.74) is 5.46. The minimum atomic E-state index is 0.533. The number of nitrogens with two attached hydrogens (primary N) is 1. The van der Waals surface area contributed by atoms with Gasteiger partial charge in [0.25, 0.3) is 0 Å². The highest BCUT2D eigenvalue weighted by molar-refractivity contribution is 5.86. The molecule has 0 aliphatic rings. The van der Waals surface area contributed by atoms with Gasteiger partial charge in [-0.05, 0) is 12.1 Å². The van der Waals surface area contributed by atoms with Crippen LogP contribution in [0.3, 0.4) is 0 Å². The Bertz CT molecular complexity index is 319. The first kappa shape index (κ1) is 10.2. The summed E-state index contributed by atoms with van der Waals surface area (Å²) in [6.45, 7) is 1.92.